The molecule has 2 rings (SSSR count). The van der Waals surface area contributed by atoms with Crippen molar-refractivity contribution < 1.29 is 0 Å². The highest BCUT2D eigenvalue weighted by atomic mass is 15.0. The van der Waals surface area contributed by atoms with Crippen LogP contribution in [-0.4, -0.2) is 6.04 Å². The Balaban J connectivity index is 1.98. The number of benzene rings is 1. The molecule has 0 aliphatic heterocycles. The zero-order chi connectivity index (χ0) is 10.8. The third-order valence-corrected chi connectivity index (χ3v) is 3.30. The van der Waals surface area contributed by atoms with Crippen molar-refractivity contribution in [1.29, 1.82) is 0 Å². The number of hydrogen-bond donors (Lipinski definition) is 2. The average molecular weight is 204 g/mol. The van der Waals surface area contributed by atoms with Gasteiger partial charge in [-0.1, -0.05) is 19.4 Å². The van der Waals surface area contributed by atoms with Crippen LogP contribution in [0.4, 0.5) is 11.4 Å². The van der Waals surface area contributed by atoms with Gasteiger partial charge in [-0.2, -0.15) is 0 Å². The van der Waals surface area contributed by atoms with E-state index in [2.05, 4.69) is 25.2 Å². The number of hydrogen-bond acceptors (Lipinski definition) is 2. The van der Waals surface area contributed by atoms with Crippen LogP contribution in [0, 0.1) is 12.8 Å². The van der Waals surface area contributed by atoms with Gasteiger partial charge >= 0.3 is 0 Å². The maximum atomic E-state index is 5.87. The van der Waals surface area contributed by atoms with E-state index in [4.69, 9.17) is 5.73 Å². The number of anilines is 2. The summed E-state index contributed by atoms with van der Waals surface area (Å²) in [4.78, 5) is 0. The van der Waals surface area contributed by atoms with Crippen LogP contribution in [0.25, 0.3) is 0 Å². The minimum atomic E-state index is 0.686. The largest absolute Gasteiger partial charge is 0.398 e. The van der Waals surface area contributed by atoms with Crippen molar-refractivity contribution in [2.75, 3.05) is 11.1 Å². The third kappa shape index (κ3) is 2.25. The van der Waals surface area contributed by atoms with E-state index in [1.807, 2.05) is 12.1 Å². The number of nitrogen functional groups attached to an aromatic ring is 1. The van der Waals surface area contributed by atoms with Crippen LogP contribution in [0.2, 0.25) is 0 Å². The highest BCUT2D eigenvalue weighted by molar-refractivity contribution is 5.63. The first-order valence-corrected chi connectivity index (χ1v) is 5.84. The van der Waals surface area contributed by atoms with Gasteiger partial charge in [-0.05, 0) is 43.4 Å². The fraction of sp³-hybridized carbons (Fsp3) is 0.538. The lowest BCUT2D eigenvalue weighted by Gasteiger charge is -2.10. The quantitative estimate of drug-likeness (QED) is 0.739. The number of rotatable bonds is 4. The summed E-state index contributed by atoms with van der Waals surface area (Å²) in [5, 5.41) is 3.58. The van der Waals surface area contributed by atoms with Crippen molar-refractivity contribution in [2.24, 2.45) is 5.92 Å². The molecule has 2 atom stereocenters. The fourth-order valence-corrected chi connectivity index (χ4v) is 2.12. The molecule has 0 bridgehead atoms. The van der Waals surface area contributed by atoms with E-state index in [0.29, 0.717) is 6.04 Å². The van der Waals surface area contributed by atoms with Gasteiger partial charge in [-0.25, -0.2) is 0 Å². The molecule has 15 heavy (non-hydrogen) atoms. The minimum absolute atomic E-state index is 0.686. The van der Waals surface area contributed by atoms with Gasteiger partial charge in [-0.15, -0.1) is 0 Å². The van der Waals surface area contributed by atoms with Gasteiger partial charge < -0.3 is 11.1 Å². The number of nitrogens with two attached hydrogens (primary N) is 1. The second-order valence-corrected chi connectivity index (χ2v) is 4.56. The molecular formula is C13H20N2. The summed E-state index contributed by atoms with van der Waals surface area (Å²) in [6, 6.07) is 6.77. The van der Waals surface area contributed by atoms with E-state index in [0.717, 1.165) is 11.6 Å². The molecule has 0 radical (unpaired) electrons. The summed E-state index contributed by atoms with van der Waals surface area (Å²) < 4.78 is 0. The Morgan fingerprint density at radius 2 is 2.27 bits per heavy atom. The molecule has 2 nitrogen and oxygen atoms in total. The lowest BCUT2D eigenvalue weighted by atomic mass is 10.1. The Bertz CT molecular complexity index is 346. The maximum absolute atomic E-state index is 5.87. The molecule has 0 saturated heterocycles. The average Bonchev–Trinajstić information content (AvgIpc) is 2.93. The first kappa shape index (κ1) is 10.3. The van der Waals surface area contributed by atoms with Gasteiger partial charge in [0, 0.05) is 17.4 Å². The van der Waals surface area contributed by atoms with Gasteiger partial charge in [0.2, 0.25) is 0 Å². The molecule has 2 unspecified atom stereocenters. The van der Waals surface area contributed by atoms with Crippen molar-refractivity contribution >= 4 is 11.4 Å². The Morgan fingerprint density at radius 3 is 3.00 bits per heavy atom. The summed E-state index contributed by atoms with van der Waals surface area (Å²) in [5.74, 6) is 0.885. The van der Waals surface area contributed by atoms with Crippen LogP contribution in [0.5, 0.6) is 0 Å². The molecule has 82 valence electrons. The van der Waals surface area contributed by atoms with Crippen LogP contribution in [0.3, 0.4) is 0 Å². The molecule has 1 aromatic carbocycles. The van der Waals surface area contributed by atoms with E-state index in [-0.39, 0.29) is 0 Å². The molecule has 1 saturated carbocycles. The normalized spacial score (nSPS) is 23.9. The smallest absolute Gasteiger partial charge is 0.0392 e. The Labute approximate surface area is 91.9 Å². The van der Waals surface area contributed by atoms with Crippen molar-refractivity contribution in [3.8, 4) is 0 Å². The van der Waals surface area contributed by atoms with Gasteiger partial charge in [0.05, 0.1) is 0 Å². The van der Waals surface area contributed by atoms with Crippen molar-refractivity contribution in [1.82, 2.24) is 0 Å². The molecule has 1 aromatic rings. The highest BCUT2D eigenvalue weighted by Crippen LogP contribution is 2.38. The molecular weight excluding hydrogens is 184 g/mol. The molecule has 3 N–H and O–H groups in total. The zero-order valence-corrected chi connectivity index (χ0v) is 9.59. The fourth-order valence-electron chi connectivity index (χ4n) is 2.12. The first-order valence-electron chi connectivity index (χ1n) is 5.84. The van der Waals surface area contributed by atoms with E-state index in [1.54, 1.807) is 0 Å². The van der Waals surface area contributed by atoms with Crippen molar-refractivity contribution in [3.05, 3.63) is 23.8 Å². The standard InChI is InChI=1S/C13H20N2/c1-3-5-10-8-13(10)15-12-7-4-6-11(14)9(12)2/h4,6-7,10,13,15H,3,5,8,14H2,1-2H3. The summed E-state index contributed by atoms with van der Waals surface area (Å²) in [6.45, 7) is 4.33. The SMILES string of the molecule is CCCC1CC1Nc1cccc(N)c1C. The summed E-state index contributed by atoms with van der Waals surface area (Å²) in [6.07, 6.45) is 3.96. The minimum Gasteiger partial charge on any atom is -0.398 e. The first-order chi connectivity index (χ1) is 7.22. The van der Waals surface area contributed by atoms with E-state index >= 15 is 0 Å². The lowest BCUT2D eigenvalue weighted by molar-refractivity contribution is 0.693. The molecule has 1 fully saturated rings. The monoisotopic (exact) mass is 204 g/mol. The van der Waals surface area contributed by atoms with E-state index < -0.39 is 0 Å². The Hall–Kier alpha value is -1.18. The van der Waals surface area contributed by atoms with Crippen LogP contribution < -0.4 is 11.1 Å². The van der Waals surface area contributed by atoms with Crippen LogP contribution >= 0.6 is 0 Å². The number of nitrogens with one attached hydrogen (secondary N) is 1. The molecule has 0 aromatic heterocycles. The predicted molar refractivity (Wildman–Crippen MR) is 66.0 cm³/mol. The van der Waals surface area contributed by atoms with Gasteiger partial charge in [-0.3, -0.25) is 0 Å². The molecule has 0 spiro atoms. The molecule has 2 heteroatoms. The maximum Gasteiger partial charge on any atom is 0.0392 e. The summed E-state index contributed by atoms with van der Waals surface area (Å²) in [7, 11) is 0. The second kappa shape index (κ2) is 4.13. The predicted octanol–water partition coefficient (Wildman–Crippen LogP) is 3.18. The summed E-state index contributed by atoms with van der Waals surface area (Å²) >= 11 is 0. The van der Waals surface area contributed by atoms with E-state index in [9.17, 15) is 0 Å². The zero-order valence-electron chi connectivity index (χ0n) is 9.59. The molecule has 1 aliphatic rings. The highest BCUT2D eigenvalue weighted by Gasteiger charge is 2.35. The van der Waals surface area contributed by atoms with Crippen LogP contribution in [0.1, 0.15) is 31.7 Å². The van der Waals surface area contributed by atoms with Gasteiger partial charge in [0.1, 0.15) is 0 Å². The lowest BCUT2D eigenvalue weighted by Crippen LogP contribution is -2.06. The van der Waals surface area contributed by atoms with Crippen LogP contribution in [0.15, 0.2) is 18.2 Å². The molecule has 0 amide bonds. The van der Waals surface area contributed by atoms with Gasteiger partial charge in [0.15, 0.2) is 0 Å². The molecule has 1 aliphatic carbocycles. The third-order valence-electron chi connectivity index (χ3n) is 3.30. The van der Waals surface area contributed by atoms with Crippen LogP contribution in [-0.2, 0) is 0 Å². The topological polar surface area (TPSA) is 38.0 Å². The van der Waals surface area contributed by atoms with Crippen molar-refractivity contribution in [3.63, 3.8) is 0 Å². The second-order valence-electron chi connectivity index (χ2n) is 4.56. The Morgan fingerprint density at radius 1 is 1.47 bits per heavy atom. The van der Waals surface area contributed by atoms with E-state index in [1.165, 1.54) is 30.5 Å². The van der Waals surface area contributed by atoms with Crippen molar-refractivity contribution in [2.45, 2.75) is 39.2 Å². The Kier molecular flexibility index (Phi) is 2.85. The summed E-state index contributed by atoms with van der Waals surface area (Å²) in [5.41, 5.74) is 9.14. The van der Waals surface area contributed by atoms with Gasteiger partial charge in [0.25, 0.3) is 0 Å². The molecule has 0 heterocycles.